The molecule has 4 nitrogen and oxygen atoms in total. The molecule has 1 aromatic carbocycles. The van der Waals surface area contributed by atoms with Gasteiger partial charge in [0, 0.05) is 37.3 Å². The van der Waals surface area contributed by atoms with E-state index in [1.165, 1.54) is 0 Å². The molecule has 4 heteroatoms. The number of benzene rings is 1. The summed E-state index contributed by atoms with van der Waals surface area (Å²) >= 11 is 0. The van der Waals surface area contributed by atoms with Crippen molar-refractivity contribution in [2.45, 2.75) is 13.0 Å². The molecule has 0 radical (unpaired) electrons. The summed E-state index contributed by atoms with van der Waals surface area (Å²) in [6.45, 7) is 5.00. The van der Waals surface area contributed by atoms with E-state index >= 15 is 0 Å². The number of pyridine rings is 1. The molecule has 3 rings (SSSR count). The number of aromatic nitrogens is 1. The van der Waals surface area contributed by atoms with Crippen LogP contribution in [0.2, 0.25) is 0 Å². The van der Waals surface area contributed by atoms with E-state index in [9.17, 15) is 5.26 Å². The Morgan fingerprint density at radius 3 is 3.05 bits per heavy atom. The lowest BCUT2D eigenvalue weighted by Crippen LogP contribution is -2.50. The van der Waals surface area contributed by atoms with Crippen molar-refractivity contribution in [3.05, 3.63) is 36.0 Å². The monoisotopic (exact) mass is 252 g/mol. The second-order valence-corrected chi connectivity index (χ2v) is 4.90. The SMILES string of the molecule is C[C@@H]1CNCCN1c1c(C#N)cnc2ccccc12. The first-order valence-corrected chi connectivity index (χ1v) is 6.56. The summed E-state index contributed by atoms with van der Waals surface area (Å²) in [5.41, 5.74) is 2.64. The van der Waals surface area contributed by atoms with Gasteiger partial charge in [0.15, 0.2) is 0 Å². The summed E-state index contributed by atoms with van der Waals surface area (Å²) in [6.07, 6.45) is 1.69. The summed E-state index contributed by atoms with van der Waals surface area (Å²) in [4.78, 5) is 6.69. The van der Waals surface area contributed by atoms with E-state index in [1.807, 2.05) is 24.3 Å². The minimum absolute atomic E-state index is 0.381. The fourth-order valence-corrected chi connectivity index (χ4v) is 2.69. The molecule has 1 aliphatic rings. The molecule has 1 fully saturated rings. The zero-order valence-corrected chi connectivity index (χ0v) is 10.9. The van der Waals surface area contributed by atoms with Crippen molar-refractivity contribution in [3.8, 4) is 6.07 Å². The summed E-state index contributed by atoms with van der Waals surface area (Å²) in [7, 11) is 0. The Labute approximate surface area is 112 Å². The molecule has 0 amide bonds. The Balaban J connectivity index is 2.22. The summed E-state index contributed by atoms with van der Waals surface area (Å²) in [5.74, 6) is 0. The minimum Gasteiger partial charge on any atom is -0.365 e. The van der Waals surface area contributed by atoms with Crippen LogP contribution in [0.15, 0.2) is 30.5 Å². The number of para-hydroxylation sites is 1. The molecule has 1 aromatic heterocycles. The molecule has 0 aliphatic carbocycles. The van der Waals surface area contributed by atoms with Crippen LogP contribution < -0.4 is 10.2 Å². The third kappa shape index (κ3) is 2.02. The molecular formula is C15H16N4. The first-order valence-electron chi connectivity index (χ1n) is 6.56. The molecule has 19 heavy (non-hydrogen) atoms. The number of hydrogen-bond acceptors (Lipinski definition) is 4. The van der Waals surface area contributed by atoms with Crippen LogP contribution in [0.25, 0.3) is 10.9 Å². The van der Waals surface area contributed by atoms with E-state index in [-0.39, 0.29) is 0 Å². The molecule has 0 unspecified atom stereocenters. The largest absolute Gasteiger partial charge is 0.365 e. The van der Waals surface area contributed by atoms with E-state index in [0.29, 0.717) is 11.6 Å². The second-order valence-electron chi connectivity index (χ2n) is 4.90. The highest BCUT2D eigenvalue weighted by molar-refractivity contribution is 5.94. The van der Waals surface area contributed by atoms with E-state index in [0.717, 1.165) is 36.2 Å². The fourth-order valence-electron chi connectivity index (χ4n) is 2.69. The van der Waals surface area contributed by atoms with E-state index < -0.39 is 0 Å². The topological polar surface area (TPSA) is 52.0 Å². The maximum Gasteiger partial charge on any atom is 0.103 e. The van der Waals surface area contributed by atoms with Crippen molar-refractivity contribution in [3.63, 3.8) is 0 Å². The number of nitrogens with zero attached hydrogens (tertiary/aromatic N) is 3. The third-order valence-corrected chi connectivity index (χ3v) is 3.66. The van der Waals surface area contributed by atoms with Gasteiger partial charge in [-0.05, 0) is 13.0 Å². The quantitative estimate of drug-likeness (QED) is 0.842. The first-order chi connectivity index (χ1) is 9.31. The van der Waals surface area contributed by atoms with Crippen LogP contribution in [0.5, 0.6) is 0 Å². The van der Waals surface area contributed by atoms with Crippen LogP contribution in [0.3, 0.4) is 0 Å². The van der Waals surface area contributed by atoms with Gasteiger partial charge in [0.2, 0.25) is 0 Å². The van der Waals surface area contributed by atoms with Gasteiger partial charge in [0.1, 0.15) is 6.07 Å². The third-order valence-electron chi connectivity index (χ3n) is 3.66. The van der Waals surface area contributed by atoms with Crippen LogP contribution >= 0.6 is 0 Å². The Morgan fingerprint density at radius 2 is 2.26 bits per heavy atom. The summed E-state index contributed by atoms with van der Waals surface area (Å²) in [5, 5.41) is 13.8. The van der Waals surface area contributed by atoms with Gasteiger partial charge in [-0.1, -0.05) is 18.2 Å². The average molecular weight is 252 g/mol. The molecule has 1 saturated heterocycles. The number of nitrogens with one attached hydrogen (secondary N) is 1. The first kappa shape index (κ1) is 11.9. The number of anilines is 1. The lowest BCUT2D eigenvalue weighted by Gasteiger charge is -2.36. The molecule has 0 saturated carbocycles. The van der Waals surface area contributed by atoms with Gasteiger partial charge in [-0.3, -0.25) is 4.98 Å². The predicted molar refractivity (Wildman–Crippen MR) is 76.1 cm³/mol. The van der Waals surface area contributed by atoms with Crippen molar-refractivity contribution in [1.29, 1.82) is 5.26 Å². The number of fused-ring (bicyclic) bond motifs is 1. The Kier molecular flexibility index (Phi) is 3.06. The summed E-state index contributed by atoms with van der Waals surface area (Å²) in [6, 6.07) is 10.7. The number of piperazine rings is 1. The van der Waals surface area contributed by atoms with E-state index in [1.54, 1.807) is 6.20 Å². The zero-order valence-electron chi connectivity index (χ0n) is 10.9. The zero-order chi connectivity index (χ0) is 13.2. The minimum atomic E-state index is 0.381. The van der Waals surface area contributed by atoms with E-state index in [2.05, 4.69) is 28.2 Å². The van der Waals surface area contributed by atoms with Gasteiger partial charge in [-0.2, -0.15) is 5.26 Å². The van der Waals surface area contributed by atoms with Crippen molar-refractivity contribution in [2.75, 3.05) is 24.5 Å². The normalized spacial score (nSPS) is 19.4. The van der Waals surface area contributed by atoms with Crippen molar-refractivity contribution in [1.82, 2.24) is 10.3 Å². The fraction of sp³-hybridized carbons (Fsp3) is 0.333. The second kappa shape index (κ2) is 4.87. The van der Waals surface area contributed by atoms with Crippen LogP contribution in [-0.2, 0) is 0 Å². The lowest BCUT2D eigenvalue weighted by atomic mass is 10.1. The molecule has 0 spiro atoms. The Hall–Kier alpha value is -2.12. The Bertz CT molecular complexity index is 644. The van der Waals surface area contributed by atoms with E-state index in [4.69, 9.17) is 0 Å². The number of hydrogen-bond donors (Lipinski definition) is 1. The van der Waals surface area contributed by atoms with Crippen molar-refractivity contribution >= 4 is 16.6 Å². The van der Waals surface area contributed by atoms with Crippen molar-refractivity contribution < 1.29 is 0 Å². The van der Waals surface area contributed by atoms with Crippen LogP contribution in [0.1, 0.15) is 12.5 Å². The van der Waals surface area contributed by atoms with Crippen LogP contribution in [0, 0.1) is 11.3 Å². The number of rotatable bonds is 1. The molecule has 1 aliphatic heterocycles. The van der Waals surface area contributed by atoms with Gasteiger partial charge in [-0.15, -0.1) is 0 Å². The molecule has 1 N–H and O–H groups in total. The van der Waals surface area contributed by atoms with Gasteiger partial charge >= 0.3 is 0 Å². The predicted octanol–water partition coefficient (Wildman–Crippen LogP) is 1.90. The highest BCUT2D eigenvalue weighted by Gasteiger charge is 2.22. The van der Waals surface area contributed by atoms with Gasteiger partial charge in [0.05, 0.1) is 16.8 Å². The average Bonchev–Trinajstić information content (AvgIpc) is 2.47. The van der Waals surface area contributed by atoms with Crippen LogP contribution in [0.4, 0.5) is 5.69 Å². The van der Waals surface area contributed by atoms with Gasteiger partial charge in [0.25, 0.3) is 0 Å². The van der Waals surface area contributed by atoms with Crippen molar-refractivity contribution in [2.24, 2.45) is 0 Å². The molecule has 0 bridgehead atoms. The van der Waals surface area contributed by atoms with Gasteiger partial charge < -0.3 is 10.2 Å². The smallest absolute Gasteiger partial charge is 0.103 e. The molecule has 96 valence electrons. The number of nitriles is 1. The molecule has 2 aromatic rings. The molecular weight excluding hydrogens is 236 g/mol. The Morgan fingerprint density at radius 1 is 1.42 bits per heavy atom. The molecule has 1 atom stereocenters. The van der Waals surface area contributed by atoms with Gasteiger partial charge in [-0.25, -0.2) is 0 Å². The lowest BCUT2D eigenvalue weighted by molar-refractivity contribution is 0.501. The molecule has 2 heterocycles. The maximum absolute atomic E-state index is 9.36. The summed E-state index contributed by atoms with van der Waals surface area (Å²) < 4.78 is 0. The highest BCUT2D eigenvalue weighted by atomic mass is 15.2. The highest BCUT2D eigenvalue weighted by Crippen LogP contribution is 2.30. The maximum atomic E-state index is 9.36. The van der Waals surface area contributed by atoms with Crippen LogP contribution in [-0.4, -0.2) is 30.7 Å². The standard InChI is InChI=1S/C15H16N4/c1-11-9-17-6-7-19(11)15-12(8-16)10-18-14-5-3-2-4-13(14)15/h2-5,10-11,17H,6-7,9H2,1H3/t11-/m1/s1.